The molecule has 1 fully saturated rings. The van der Waals surface area contributed by atoms with Gasteiger partial charge in [0, 0.05) is 12.2 Å². The molecule has 1 aromatic heterocycles. The topological polar surface area (TPSA) is 37.8 Å². The van der Waals surface area contributed by atoms with Crippen LogP contribution in [0.5, 0.6) is 0 Å². The Morgan fingerprint density at radius 2 is 2.33 bits per heavy atom. The highest BCUT2D eigenvalue weighted by molar-refractivity contribution is 5.33. The van der Waals surface area contributed by atoms with Crippen LogP contribution in [0, 0.1) is 11.8 Å². The lowest BCUT2D eigenvalue weighted by Crippen LogP contribution is -2.16. The van der Waals surface area contributed by atoms with Gasteiger partial charge in [-0.15, -0.1) is 0 Å². The molecule has 0 radical (unpaired) electrons. The van der Waals surface area contributed by atoms with E-state index in [1.165, 1.54) is 19.3 Å². The minimum atomic E-state index is 0.597. The van der Waals surface area contributed by atoms with E-state index in [4.69, 9.17) is 0 Å². The van der Waals surface area contributed by atoms with Gasteiger partial charge < -0.3 is 5.32 Å². The van der Waals surface area contributed by atoms with Gasteiger partial charge in [0.1, 0.15) is 12.1 Å². The van der Waals surface area contributed by atoms with Crippen molar-refractivity contribution in [2.24, 2.45) is 11.8 Å². The SMILES string of the molecule is CC[C@H]1C[C@@H](Nc2ccncn2)C[C@@H]1C. The van der Waals surface area contributed by atoms with Gasteiger partial charge in [-0.2, -0.15) is 0 Å². The largest absolute Gasteiger partial charge is 0.367 e. The Kier molecular flexibility index (Phi) is 3.19. The van der Waals surface area contributed by atoms with Crippen LogP contribution in [-0.4, -0.2) is 16.0 Å². The Bertz CT molecular complexity index is 299. The summed E-state index contributed by atoms with van der Waals surface area (Å²) in [4.78, 5) is 8.11. The van der Waals surface area contributed by atoms with Crippen molar-refractivity contribution < 1.29 is 0 Å². The van der Waals surface area contributed by atoms with E-state index in [1.54, 1.807) is 12.5 Å². The highest BCUT2D eigenvalue weighted by Crippen LogP contribution is 2.34. The highest BCUT2D eigenvalue weighted by atomic mass is 15.0. The van der Waals surface area contributed by atoms with Crippen LogP contribution >= 0.6 is 0 Å². The van der Waals surface area contributed by atoms with Crippen molar-refractivity contribution in [3.63, 3.8) is 0 Å². The second kappa shape index (κ2) is 4.60. The van der Waals surface area contributed by atoms with Crippen molar-refractivity contribution in [2.45, 2.75) is 39.2 Å². The lowest BCUT2D eigenvalue weighted by atomic mass is 9.96. The Morgan fingerprint density at radius 3 is 2.93 bits per heavy atom. The lowest BCUT2D eigenvalue weighted by molar-refractivity contribution is 0.407. The predicted octanol–water partition coefficient (Wildman–Crippen LogP) is 2.71. The van der Waals surface area contributed by atoms with Crippen molar-refractivity contribution in [1.82, 2.24) is 9.97 Å². The van der Waals surface area contributed by atoms with Crippen LogP contribution in [0.25, 0.3) is 0 Å². The molecule has 0 unspecified atom stereocenters. The van der Waals surface area contributed by atoms with Gasteiger partial charge in [-0.05, 0) is 30.7 Å². The van der Waals surface area contributed by atoms with E-state index < -0.39 is 0 Å². The summed E-state index contributed by atoms with van der Waals surface area (Å²) in [5, 5.41) is 3.48. The molecule has 1 N–H and O–H groups in total. The summed E-state index contributed by atoms with van der Waals surface area (Å²) < 4.78 is 0. The maximum Gasteiger partial charge on any atom is 0.129 e. The van der Waals surface area contributed by atoms with Crippen LogP contribution in [0.15, 0.2) is 18.6 Å². The molecule has 1 saturated carbocycles. The highest BCUT2D eigenvalue weighted by Gasteiger charge is 2.29. The van der Waals surface area contributed by atoms with Crippen molar-refractivity contribution in [1.29, 1.82) is 0 Å². The molecule has 1 heterocycles. The fourth-order valence-electron chi connectivity index (χ4n) is 2.61. The predicted molar refractivity (Wildman–Crippen MR) is 61.6 cm³/mol. The molecule has 0 aliphatic heterocycles. The number of aromatic nitrogens is 2. The molecular weight excluding hydrogens is 186 g/mol. The van der Waals surface area contributed by atoms with E-state index in [9.17, 15) is 0 Å². The summed E-state index contributed by atoms with van der Waals surface area (Å²) in [6.07, 6.45) is 7.22. The molecule has 0 aromatic carbocycles. The van der Waals surface area contributed by atoms with Crippen LogP contribution in [0.1, 0.15) is 33.1 Å². The van der Waals surface area contributed by atoms with Crippen LogP contribution in [0.3, 0.4) is 0 Å². The number of rotatable bonds is 3. The monoisotopic (exact) mass is 205 g/mol. The van der Waals surface area contributed by atoms with Crippen LogP contribution < -0.4 is 5.32 Å². The van der Waals surface area contributed by atoms with Crippen LogP contribution in [0.2, 0.25) is 0 Å². The summed E-state index contributed by atoms with van der Waals surface area (Å²) in [6.45, 7) is 4.64. The smallest absolute Gasteiger partial charge is 0.129 e. The van der Waals surface area contributed by atoms with Crippen molar-refractivity contribution >= 4 is 5.82 Å². The molecule has 15 heavy (non-hydrogen) atoms. The second-order valence-corrected chi connectivity index (χ2v) is 4.55. The van der Waals surface area contributed by atoms with Gasteiger partial charge in [0.05, 0.1) is 0 Å². The molecule has 3 nitrogen and oxygen atoms in total. The van der Waals surface area contributed by atoms with E-state index >= 15 is 0 Å². The fourth-order valence-corrected chi connectivity index (χ4v) is 2.61. The Labute approximate surface area is 91.3 Å². The van der Waals surface area contributed by atoms with Gasteiger partial charge in [-0.1, -0.05) is 20.3 Å². The molecule has 0 spiro atoms. The van der Waals surface area contributed by atoms with E-state index in [0.717, 1.165) is 17.7 Å². The minimum absolute atomic E-state index is 0.597. The number of nitrogens with one attached hydrogen (secondary N) is 1. The zero-order valence-electron chi connectivity index (χ0n) is 9.48. The summed E-state index contributed by atoms with van der Waals surface area (Å²) in [7, 11) is 0. The third-order valence-electron chi connectivity index (χ3n) is 3.51. The molecule has 1 aliphatic rings. The summed E-state index contributed by atoms with van der Waals surface area (Å²) in [5.74, 6) is 2.68. The molecule has 1 aromatic rings. The lowest BCUT2D eigenvalue weighted by Gasteiger charge is -2.12. The zero-order valence-corrected chi connectivity index (χ0v) is 9.48. The maximum absolute atomic E-state index is 4.20. The quantitative estimate of drug-likeness (QED) is 0.824. The second-order valence-electron chi connectivity index (χ2n) is 4.55. The van der Waals surface area contributed by atoms with E-state index in [1.807, 2.05) is 6.07 Å². The molecular formula is C12H19N3. The average Bonchev–Trinajstić information content (AvgIpc) is 2.60. The first kappa shape index (κ1) is 10.4. The first-order chi connectivity index (χ1) is 7.29. The molecule has 0 amide bonds. The van der Waals surface area contributed by atoms with Gasteiger partial charge >= 0.3 is 0 Å². The fraction of sp³-hybridized carbons (Fsp3) is 0.667. The third-order valence-corrected chi connectivity index (χ3v) is 3.51. The Morgan fingerprint density at radius 1 is 1.47 bits per heavy atom. The molecule has 3 atom stereocenters. The number of hydrogen-bond donors (Lipinski definition) is 1. The molecule has 0 saturated heterocycles. The molecule has 0 bridgehead atoms. The van der Waals surface area contributed by atoms with E-state index in [0.29, 0.717) is 6.04 Å². The molecule has 1 aliphatic carbocycles. The van der Waals surface area contributed by atoms with Gasteiger partial charge in [0.2, 0.25) is 0 Å². The van der Waals surface area contributed by atoms with Crippen molar-refractivity contribution in [3.8, 4) is 0 Å². The summed E-state index contributed by atoms with van der Waals surface area (Å²) in [6, 6.07) is 2.53. The van der Waals surface area contributed by atoms with Gasteiger partial charge in [0.15, 0.2) is 0 Å². The van der Waals surface area contributed by atoms with E-state index in [2.05, 4.69) is 29.1 Å². The van der Waals surface area contributed by atoms with Crippen LogP contribution in [0.4, 0.5) is 5.82 Å². The van der Waals surface area contributed by atoms with Gasteiger partial charge in [-0.25, -0.2) is 9.97 Å². The molecule has 82 valence electrons. The maximum atomic E-state index is 4.20. The van der Waals surface area contributed by atoms with E-state index in [-0.39, 0.29) is 0 Å². The van der Waals surface area contributed by atoms with Crippen molar-refractivity contribution in [3.05, 3.63) is 18.6 Å². The zero-order chi connectivity index (χ0) is 10.7. The first-order valence-electron chi connectivity index (χ1n) is 5.82. The van der Waals surface area contributed by atoms with Crippen molar-refractivity contribution in [2.75, 3.05) is 5.32 Å². The average molecular weight is 205 g/mol. The molecule has 2 rings (SSSR count). The van der Waals surface area contributed by atoms with Gasteiger partial charge in [-0.3, -0.25) is 0 Å². The Hall–Kier alpha value is -1.12. The third kappa shape index (κ3) is 2.46. The summed E-state index contributed by atoms with van der Waals surface area (Å²) in [5.41, 5.74) is 0. The first-order valence-corrected chi connectivity index (χ1v) is 5.82. The standard InChI is InChI=1S/C12H19N3/c1-3-10-7-11(6-9(10)2)15-12-4-5-13-8-14-12/h4-5,8-11H,3,6-7H2,1-2H3,(H,13,14,15)/t9-,10-,11-/m0/s1. The summed E-state index contributed by atoms with van der Waals surface area (Å²) >= 11 is 0. The number of hydrogen-bond acceptors (Lipinski definition) is 3. The molecule has 3 heteroatoms. The minimum Gasteiger partial charge on any atom is -0.367 e. The number of anilines is 1. The van der Waals surface area contributed by atoms with Crippen LogP contribution in [-0.2, 0) is 0 Å². The normalized spacial score (nSPS) is 30.4. The van der Waals surface area contributed by atoms with Gasteiger partial charge in [0.25, 0.3) is 0 Å². The number of nitrogens with zero attached hydrogens (tertiary/aromatic N) is 2. The Balaban J connectivity index is 1.92.